The molecule has 1 saturated heterocycles. The third-order valence-corrected chi connectivity index (χ3v) is 5.76. The first-order valence-electron chi connectivity index (χ1n) is 10.6. The Hall–Kier alpha value is -4.13. The van der Waals surface area contributed by atoms with Gasteiger partial charge in [0.25, 0.3) is 11.7 Å². The Morgan fingerprint density at radius 2 is 1.63 bits per heavy atom. The molecule has 1 N–H and O–H groups in total. The van der Waals surface area contributed by atoms with Crippen molar-refractivity contribution in [1.29, 1.82) is 0 Å². The van der Waals surface area contributed by atoms with Crippen LogP contribution in [-0.4, -0.2) is 68.4 Å². The molecule has 1 amide bonds. The first-order valence-corrected chi connectivity index (χ1v) is 10.6. The van der Waals surface area contributed by atoms with Crippen LogP contribution in [0, 0.1) is 26.0 Å². The summed E-state index contributed by atoms with van der Waals surface area (Å²) in [7, 11) is 0. The number of nitro groups is 2. The van der Waals surface area contributed by atoms with Gasteiger partial charge in [-0.2, -0.15) is 0 Å². The van der Waals surface area contributed by atoms with Gasteiger partial charge in [-0.05, 0) is 31.5 Å². The number of carboxylic acid groups (broad SMARTS) is 1. The molecule has 3 rings (SSSR count). The Morgan fingerprint density at radius 1 is 1.06 bits per heavy atom. The minimum absolute atomic E-state index is 0.0706. The van der Waals surface area contributed by atoms with Crippen molar-refractivity contribution < 1.29 is 33.7 Å². The van der Waals surface area contributed by atoms with Gasteiger partial charge in [-0.1, -0.05) is 12.1 Å². The molecule has 1 aliphatic rings. The average molecular weight is 490 g/mol. The average Bonchev–Trinajstić information content (AvgIpc) is 2.80. The monoisotopic (exact) mass is 490 g/mol. The van der Waals surface area contributed by atoms with E-state index in [0.29, 0.717) is 31.8 Å². The zero-order valence-electron chi connectivity index (χ0n) is 18.9. The molecule has 2 unspecified atom stereocenters. The lowest BCUT2D eigenvalue weighted by Gasteiger charge is -2.44. The highest BCUT2D eigenvalue weighted by molar-refractivity contribution is 5.90. The van der Waals surface area contributed by atoms with Crippen molar-refractivity contribution in [3.05, 3.63) is 73.6 Å². The van der Waals surface area contributed by atoms with Gasteiger partial charge in [0.15, 0.2) is 6.61 Å². The predicted molar refractivity (Wildman–Crippen MR) is 120 cm³/mol. The highest BCUT2D eigenvalue weighted by Gasteiger charge is 2.34. The first-order chi connectivity index (χ1) is 16.5. The topological polar surface area (TPSA) is 156 Å². The lowest BCUT2D eigenvalue weighted by Crippen LogP contribution is -2.58. The number of carbonyl (C=O) groups excluding carboxylic acids is 1. The maximum atomic E-state index is 13.2. The lowest BCUT2D eigenvalue weighted by molar-refractivity contribution is -0.396. The third-order valence-electron chi connectivity index (χ3n) is 5.76. The molecule has 186 valence electrons. The fraction of sp³-hybridized carbons (Fsp3) is 0.364. The van der Waals surface area contributed by atoms with Crippen LogP contribution in [0.25, 0.3) is 0 Å². The van der Waals surface area contributed by atoms with Gasteiger partial charge in [0, 0.05) is 43.9 Å². The normalized spacial score (nSPS) is 18.2. The fourth-order valence-corrected chi connectivity index (χ4v) is 3.95. The van der Waals surface area contributed by atoms with Crippen molar-refractivity contribution in [2.24, 2.45) is 0 Å². The van der Waals surface area contributed by atoms with E-state index < -0.39 is 51.0 Å². The van der Waals surface area contributed by atoms with E-state index in [2.05, 4.69) is 4.90 Å². The molecule has 0 spiro atoms. The van der Waals surface area contributed by atoms with Crippen LogP contribution in [-0.2, 0) is 11.3 Å². The van der Waals surface area contributed by atoms with Crippen LogP contribution in [0.4, 0.5) is 15.8 Å². The van der Waals surface area contributed by atoms with Crippen molar-refractivity contribution in [3.63, 3.8) is 0 Å². The number of aromatic carboxylic acids is 1. The van der Waals surface area contributed by atoms with Crippen molar-refractivity contribution in [3.8, 4) is 5.75 Å². The van der Waals surface area contributed by atoms with Gasteiger partial charge in [-0.3, -0.25) is 29.9 Å². The second kappa shape index (κ2) is 10.4. The van der Waals surface area contributed by atoms with Crippen molar-refractivity contribution in [2.45, 2.75) is 32.5 Å². The first kappa shape index (κ1) is 25.5. The number of nitro benzene ring substituents is 2. The van der Waals surface area contributed by atoms with Gasteiger partial charge in [-0.25, -0.2) is 9.18 Å². The molecule has 1 heterocycles. The largest absolute Gasteiger partial charge is 0.478 e. The number of carbonyl (C=O) groups is 2. The SMILES string of the molecule is CC1CN(C(=O)COc2c([N+](=O)[O-])cc(C(=O)O)cc2[N+](=O)[O-])C(C)CN1Cc1ccc(F)cc1. The predicted octanol–water partition coefficient (Wildman–Crippen LogP) is 2.84. The second-order valence-corrected chi connectivity index (χ2v) is 8.25. The molecule has 1 fully saturated rings. The van der Waals surface area contributed by atoms with Gasteiger partial charge in [-0.15, -0.1) is 0 Å². The summed E-state index contributed by atoms with van der Waals surface area (Å²) in [6.45, 7) is 4.39. The zero-order valence-corrected chi connectivity index (χ0v) is 18.9. The summed E-state index contributed by atoms with van der Waals surface area (Å²) in [5.74, 6) is -3.23. The highest BCUT2D eigenvalue weighted by atomic mass is 19.1. The minimum Gasteiger partial charge on any atom is -0.478 e. The van der Waals surface area contributed by atoms with Gasteiger partial charge in [0.2, 0.25) is 0 Å². The van der Waals surface area contributed by atoms with E-state index in [-0.39, 0.29) is 17.9 Å². The van der Waals surface area contributed by atoms with Crippen LogP contribution in [0.5, 0.6) is 5.75 Å². The number of nitrogens with zero attached hydrogens (tertiary/aromatic N) is 4. The molecule has 35 heavy (non-hydrogen) atoms. The van der Waals surface area contributed by atoms with Crippen LogP contribution in [0.15, 0.2) is 36.4 Å². The molecule has 0 bridgehead atoms. The van der Waals surface area contributed by atoms with Gasteiger partial charge in [0.1, 0.15) is 5.82 Å². The van der Waals surface area contributed by atoms with Gasteiger partial charge >= 0.3 is 17.3 Å². The quantitative estimate of drug-likeness (QED) is 0.434. The highest BCUT2D eigenvalue weighted by Crippen LogP contribution is 2.38. The van der Waals surface area contributed by atoms with Gasteiger partial charge in [0.05, 0.1) is 15.4 Å². The molecule has 0 aromatic heterocycles. The van der Waals surface area contributed by atoms with Crippen LogP contribution in [0.1, 0.15) is 29.8 Å². The summed E-state index contributed by atoms with van der Waals surface area (Å²) in [4.78, 5) is 48.5. The number of rotatable bonds is 8. The number of hydrogen-bond acceptors (Lipinski definition) is 8. The second-order valence-electron chi connectivity index (χ2n) is 8.25. The Balaban J connectivity index is 1.73. The van der Waals surface area contributed by atoms with Crippen molar-refractivity contribution in [2.75, 3.05) is 19.7 Å². The van der Waals surface area contributed by atoms with E-state index in [1.165, 1.54) is 17.0 Å². The minimum atomic E-state index is -1.58. The molecule has 2 atom stereocenters. The standard InChI is InChI=1S/C22H23FN4O8/c1-13-10-25(14(2)9-24(13)11-15-3-5-17(23)6-4-15)20(28)12-35-21-18(26(31)32)7-16(22(29)30)8-19(21)27(33)34/h3-8,13-14H,9-12H2,1-2H3,(H,29,30). The van der Waals surface area contributed by atoms with Crippen LogP contribution in [0.2, 0.25) is 0 Å². The number of amides is 1. The number of ether oxygens (including phenoxy) is 1. The lowest BCUT2D eigenvalue weighted by atomic mass is 10.1. The summed E-state index contributed by atoms with van der Waals surface area (Å²) in [5.41, 5.74) is -1.58. The summed E-state index contributed by atoms with van der Waals surface area (Å²) < 4.78 is 18.4. The van der Waals surface area contributed by atoms with Crippen LogP contribution in [0.3, 0.4) is 0 Å². The van der Waals surface area contributed by atoms with Crippen molar-refractivity contribution in [1.82, 2.24) is 9.80 Å². The fourth-order valence-electron chi connectivity index (χ4n) is 3.95. The summed E-state index contributed by atoms with van der Waals surface area (Å²) in [6, 6.07) is 7.09. The van der Waals surface area contributed by atoms with E-state index in [9.17, 15) is 34.2 Å². The molecule has 12 nitrogen and oxygen atoms in total. The molecule has 13 heteroatoms. The molecule has 0 radical (unpaired) electrons. The molecule has 1 aliphatic heterocycles. The van der Waals surface area contributed by atoms with Gasteiger partial charge < -0.3 is 14.7 Å². The third kappa shape index (κ3) is 5.87. The van der Waals surface area contributed by atoms with E-state index in [1.54, 1.807) is 12.1 Å². The Labute approximate surface area is 198 Å². The molecular formula is C22H23FN4O8. The smallest absolute Gasteiger partial charge is 0.336 e. The Morgan fingerprint density at radius 3 is 2.14 bits per heavy atom. The van der Waals surface area contributed by atoms with Crippen molar-refractivity contribution >= 4 is 23.3 Å². The van der Waals surface area contributed by atoms with Crippen LogP contribution < -0.4 is 4.74 Å². The van der Waals surface area contributed by atoms with E-state index in [4.69, 9.17) is 9.84 Å². The Kier molecular flexibility index (Phi) is 7.59. The number of piperazine rings is 1. The summed E-state index contributed by atoms with van der Waals surface area (Å²) in [6.07, 6.45) is 0. The number of benzene rings is 2. The number of carboxylic acids is 1. The molecular weight excluding hydrogens is 467 g/mol. The summed E-state index contributed by atoms with van der Waals surface area (Å²) in [5, 5.41) is 31.9. The Bertz CT molecular complexity index is 1120. The number of hydrogen-bond donors (Lipinski definition) is 1. The van der Waals surface area contributed by atoms with E-state index >= 15 is 0 Å². The molecule has 0 aliphatic carbocycles. The van der Waals surface area contributed by atoms with E-state index in [1.807, 2.05) is 13.8 Å². The molecule has 2 aromatic carbocycles. The number of halogens is 1. The maximum Gasteiger partial charge on any atom is 0.336 e. The zero-order chi connectivity index (χ0) is 25.9. The van der Waals surface area contributed by atoms with E-state index in [0.717, 1.165) is 5.56 Å². The maximum absolute atomic E-state index is 13.2. The molecule has 2 aromatic rings. The molecule has 0 saturated carbocycles. The summed E-state index contributed by atoms with van der Waals surface area (Å²) >= 11 is 0. The van der Waals surface area contributed by atoms with Crippen LogP contribution >= 0.6 is 0 Å².